The molecule has 0 unspecified atom stereocenters. The van der Waals surface area contributed by atoms with Crippen LogP contribution in [0.2, 0.25) is 0 Å². The van der Waals surface area contributed by atoms with E-state index in [9.17, 15) is 9.59 Å². The van der Waals surface area contributed by atoms with Crippen LogP contribution in [0.1, 0.15) is 35.0 Å². The van der Waals surface area contributed by atoms with Gasteiger partial charge in [0, 0.05) is 12.6 Å². The van der Waals surface area contributed by atoms with Gasteiger partial charge in [0.2, 0.25) is 0 Å². The molecule has 1 aromatic heterocycles. The van der Waals surface area contributed by atoms with E-state index in [4.69, 9.17) is 5.11 Å². The topological polar surface area (TPSA) is 57.6 Å². The van der Waals surface area contributed by atoms with E-state index in [1.54, 1.807) is 11.8 Å². The smallest absolute Gasteiger partial charge is 0.308 e. The second kappa shape index (κ2) is 5.10. The lowest BCUT2D eigenvalue weighted by Gasteiger charge is -2.24. The van der Waals surface area contributed by atoms with Crippen LogP contribution in [0.3, 0.4) is 0 Å². The zero-order valence-corrected chi connectivity index (χ0v) is 11.4. The van der Waals surface area contributed by atoms with Gasteiger partial charge in [-0.3, -0.25) is 9.59 Å². The molecule has 0 spiro atoms. The predicted octanol–water partition coefficient (Wildman–Crippen LogP) is 2.38. The van der Waals surface area contributed by atoms with Crippen molar-refractivity contribution in [3.63, 3.8) is 0 Å². The molecule has 98 valence electrons. The maximum atomic E-state index is 12.4. The molecule has 0 bridgehead atoms. The molecule has 1 fully saturated rings. The molecule has 1 aromatic rings. The number of hydrogen-bond acceptors (Lipinski definition) is 3. The average molecular weight is 267 g/mol. The first-order valence-corrected chi connectivity index (χ1v) is 6.96. The van der Waals surface area contributed by atoms with Gasteiger partial charge in [0.1, 0.15) is 0 Å². The fraction of sp³-hybridized carbons (Fsp3) is 0.538. The fourth-order valence-electron chi connectivity index (χ4n) is 1.88. The molecule has 2 rings (SSSR count). The summed E-state index contributed by atoms with van der Waals surface area (Å²) in [5.74, 6) is -1.38. The molecule has 1 heterocycles. The molecule has 1 aliphatic rings. The third-order valence-electron chi connectivity index (χ3n) is 3.20. The Morgan fingerprint density at radius 2 is 2.22 bits per heavy atom. The molecule has 5 heteroatoms. The van der Waals surface area contributed by atoms with Gasteiger partial charge in [-0.05, 0) is 36.8 Å². The van der Waals surface area contributed by atoms with Crippen molar-refractivity contribution in [2.75, 3.05) is 6.54 Å². The fourth-order valence-corrected chi connectivity index (χ4v) is 2.76. The number of nitrogens with zero attached hydrogens (tertiary/aromatic N) is 1. The van der Waals surface area contributed by atoms with Gasteiger partial charge in [0.25, 0.3) is 5.91 Å². The Balaban J connectivity index is 2.13. The summed E-state index contributed by atoms with van der Waals surface area (Å²) < 4.78 is 0. The van der Waals surface area contributed by atoms with Gasteiger partial charge in [-0.2, -0.15) is 0 Å². The normalized spacial score (nSPS) is 16.3. The summed E-state index contributed by atoms with van der Waals surface area (Å²) >= 11 is 1.43. The van der Waals surface area contributed by atoms with Crippen LogP contribution in [0, 0.1) is 12.8 Å². The Hall–Kier alpha value is -1.36. The molecule has 4 nitrogen and oxygen atoms in total. The van der Waals surface area contributed by atoms with Gasteiger partial charge in [-0.1, -0.05) is 6.92 Å². The minimum atomic E-state index is -0.851. The maximum Gasteiger partial charge on any atom is 0.308 e. The van der Waals surface area contributed by atoms with Gasteiger partial charge >= 0.3 is 5.97 Å². The van der Waals surface area contributed by atoms with Gasteiger partial charge in [-0.25, -0.2) is 0 Å². The number of carbonyl (C=O) groups is 2. The first-order valence-electron chi connectivity index (χ1n) is 6.08. The Labute approximate surface area is 110 Å². The molecule has 1 amide bonds. The van der Waals surface area contributed by atoms with Crippen LogP contribution in [0.4, 0.5) is 0 Å². The lowest BCUT2D eigenvalue weighted by molar-refractivity contribution is -0.141. The monoisotopic (exact) mass is 267 g/mol. The number of amides is 1. The second-order valence-corrected chi connectivity index (χ2v) is 5.78. The van der Waals surface area contributed by atoms with Crippen molar-refractivity contribution < 1.29 is 14.7 Å². The number of thiophene rings is 1. The summed E-state index contributed by atoms with van der Waals surface area (Å²) in [4.78, 5) is 25.8. The molecule has 1 aliphatic carbocycles. The van der Waals surface area contributed by atoms with E-state index in [-0.39, 0.29) is 11.9 Å². The van der Waals surface area contributed by atoms with Crippen LogP contribution >= 0.6 is 11.3 Å². The van der Waals surface area contributed by atoms with Crippen molar-refractivity contribution in [1.82, 2.24) is 4.90 Å². The van der Waals surface area contributed by atoms with Gasteiger partial charge in [0.15, 0.2) is 0 Å². The van der Waals surface area contributed by atoms with E-state index >= 15 is 0 Å². The summed E-state index contributed by atoms with van der Waals surface area (Å²) in [7, 11) is 0. The van der Waals surface area contributed by atoms with Gasteiger partial charge < -0.3 is 10.0 Å². The third-order valence-corrected chi connectivity index (χ3v) is 4.20. The number of aliphatic carboxylic acids is 1. The highest BCUT2D eigenvalue weighted by Gasteiger charge is 2.35. The number of aryl methyl sites for hydroxylation is 1. The van der Waals surface area contributed by atoms with E-state index in [1.807, 2.05) is 18.4 Å². The van der Waals surface area contributed by atoms with Crippen molar-refractivity contribution in [2.45, 2.75) is 32.7 Å². The van der Waals surface area contributed by atoms with Crippen molar-refractivity contribution >= 4 is 23.2 Å². The van der Waals surface area contributed by atoms with E-state index in [1.165, 1.54) is 11.3 Å². The van der Waals surface area contributed by atoms with Crippen LogP contribution in [0.25, 0.3) is 0 Å². The zero-order chi connectivity index (χ0) is 13.3. The van der Waals surface area contributed by atoms with Crippen LogP contribution in [0.15, 0.2) is 11.4 Å². The number of carboxylic acid groups (broad SMARTS) is 1. The second-order valence-electron chi connectivity index (χ2n) is 4.86. The Morgan fingerprint density at radius 1 is 1.56 bits per heavy atom. The van der Waals surface area contributed by atoms with Gasteiger partial charge in [0.05, 0.1) is 10.8 Å². The SMILES string of the molecule is Cc1ccsc1C(=O)N(C[C@H](C)C(=O)O)C1CC1. The lowest BCUT2D eigenvalue weighted by Crippen LogP contribution is -2.38. The summed E-state index contributed by atoms with van der Waals surface area (Å²) in [5.41, 5.74) is 0.971. The van der Waals surface area contributed by atoms with E-state index < -0.39 is 11.9 Å². The van der Waals surface area contributed by atoms with E-state index in [2.05, 4.69) is 0 Å². The molecule has 0 aliphatic heterocycles. The highest BCUT2D eigenvalue weighted by molar-refractivity contribution is 7.12. The molecule has 1 N–H and O–H groups in total. The van der Waals surface area contributed by atoms with Crippen LogP contribution in [0.5, 0.6) is 0 Å². The highest BCUT2D eigenvalue weighted by atomic mass is 32.1. The number of carboxylic acids is 1. The summed E-state index contributed by atoms with van der Waals surface area (Å²) in [6, 6.07) is 2.16. The van der Waals surface area contributed by atoms with Crippen LogP contribution < -0.4 is 0 Å². The molecular formula is C13H17NO3S. The lowest BCUT2D eigenvalue weighted by atomic mass is 10.1. The Morgan fingerprint density at radius 3 is 2.67 bits per heavy atom. The highest BCUT2D eigenvalue weighted by Crippen LogP contribution is 2.30. The first-order chi connectivity index (χ1) is 8.50. The first kappa shape index (κ1) is 13.1. The van der Waals surface area contributed by atoms with Crippen LogP contribution in [-0.4, -0.2) is 34.5 Å². The van der Waals surface area contributed by atoms with Crippen molar-refractivity contribution in [1.29, 1.82) is 0 Å². The number of carbonyl (C=O) groups excluding carboxylic acids is 1. The van der Waals surface area contributed by atoms with Crippen LogP contribution in [-0.2, 0) is 4.79 Å². The van der Waals surface area contributed by atoms with Crippen molar-refractivity contribution in [2.24, 2.45) is 5.92 Å². The minimum Gasteiger partial charge on any atom is -0.481 e. The third kappa shape index (κ3) is 2.72. The quantitative estimate of drug-likeness (QED) is 0.891. The van der Waals surface area contributed by atoms with Crippen molar-refractivity contribution in [3.05, 3.63) is 21.9 Å². The number of rotatable bonds is 5. The van der Waals surface area contributed by atoms with E-state index in [0.717, 1.165) is 23.3 Å². The zero-order valence-electron chi connectivity index (χ0n) is 10.5. The standard InChI is InChI=1S/C13H17NO3S/c1-8-5-6-18-11(8)12(15)14(10-3-4-10)7-9(2)13(16)17/h5-6,9-10H,3-4,7H2,1-2H3,(H,16,17)/t9-/m0/s1. The summed E-state index contributed by atoms with van der Waals surface area (Å²) in [6.45, 7) is 3.86. The summed E-state index contributed by atoms with van der Waals surface area (Å²) in [6.07, 6.45) is 1.98. The largest absolute Gasteiger partial charge is 0.481 e. The Kier molecular flexibility index (Phi) is 3.71. The molecular weight excluding hydrogens is 250 g/mol. The molecule has 0 saturated heterocycles. The molecule has 1 saturated carbocycles. The van der Waals surface area contributed by atoms with Gasteiger partial charge in [-0.15, -0.1) is 11.3 Å². The molecule has 18 heavy (non-hydrogen) atoms. The van der Waals surface area contributed by atoms with E-state index in [0.29, 0.717) is 6.54 Å². The predicted molar refractivity (Wildman–Crippen MR) is 69.9 cm³/mol. The summed E-state index contributed by atoms with van der Waals surface area (Å²) in [5, 5.41) is 10.9. The minimum absolute atomic E-state index is 0.0156. The number of hydrogen-bond donors (Lipinski definition) is 1. The molecule has 0 radical (unpaired) electrons. The van der Waals surface area contributed by atoms with Crippen molar-refractivity contribution in [3.8, 4) is 0 Å². The molecule has 1 atom stereocenters. The molecule has 0 aromatic carbocycles. The average Bonchev–Trinajstić information content (AvgIpc) is 3.07. The maximum absolute atomic E-state index is 12.4. The Bertz CT molecular complexity index is 465.